The Morgan fingerprint density at radius 3 is 2.50 bits per heavy atom. The van der Waals surface area contributed by atoms with E-state index < -0.39 is 10.2 Å². The molecule has 2 rings (SSSR count). The van der Waals surface area contributed by atoms with Gasteiger partial charge >= 0.3 is 0 Å². The second-order valence-corrected chi connectivity index (χ2v) is 5.04. The summed E-state index contributed by atoms with van der Waals surface area (Å²) in [6.07, 6.45) is 3.83. The van der Waals surface area contributed by atoms with Crippen molar-refractivity contribution in [2.75, 3.05) is 22.7 Å². The van der Waals surface area contributed by atoms with E-state index in [0.717, 1.165) is 18.9 Å². The lowest BCUT2D eigenvalue weighted by Crippen LogP contribution is -2.22. The summed E-state index contributed by atoms with van der Waals surface area (Å²) in [5.74, 6) is 0.873. The molecule has 2 heterocycles. The molecule has 88 valence electrons. The molecule has 0 saturated carbocycles. The molecule has 1 aromatic rings. The Balaban J connectivity index is 2.10. The molecule has 0 radical (unpaired) electrons. The van der Waals surface area contributed by atoms with Crippen molar-refractivity contribution in [3.63, 3.8) is 0 Å². The van der Waals surface area contributed by atoms with Crippen LogP contribution in [0.1, 0.15) is 12.8 Å². The predicted octanol–water partition coefficient (Wildman–Crippen LogP) is 0.297. The predicted molar refractivity (Wildman–Crippen MR) is 62.4 cm³/mol. The molecule has 0 unspecified atom stereocenters. The summed E-state index contributed by atoms with van der Waals surface area (Å²) >= 11 is 0. The van der Waals surface area contributed by atoms with Crippen LogP contribution in [0.15, 0.2) is 18.3 Å². The average molecular weight is 242 g/mol. The van der Waals surface area contributed by atoms with Gasteiger partial charge in [-0.05, 0) is 25.0 Å². The van der Waals surface area contributed by atoms with Crippen LogP contribution in [0.2, 0.25) is 0 Å². The fraction of sp³-hybridized carbons (Fsp3) is 0.444. The standard InChI is InChI=1S/C9H14N4O2S/c10-16(14,15)12-8-3-4-9(11-7-8)13-5-1-2-6-13/h3-4,7,12H,1-2,5-6H2,(H2,10,14,15). The highest BCUT2D eigenvalue weighted by molar-refractivity contribution is 7.90. The van der Waals surface area contributed by atoms with Crippen molar-refractivity contribution in [2.45, 2.75) is 12.8 Å². The van der Waals surface area contributed by atoms with E-state index in [1.165, 1.54) is 19.0 Å². The Kier molecular flexibility index (Phi) is 2.97. The molecule has 0 aliphatic carbocycles. The van der Waals surface area contributed by atoms with Gasteiger partial charge in [-0.2, -0.15) is 8.42 Å². The molecule has 7 heteroatoms. The number of hydrogen-bond acceptors (Lipinski definition) is 4. The minimum atomic E-state index is -3.71. The summed E-state index contributed by atoms with van der Waals surface area (Å²) in [5, 5.41) is 4.85. The van der Waals surface area contributed by atoms with Gasteiger partial charge in [0, 0.05) is 13.1 Å². The fourth-order valence-corrected chi connectivity index (χ4v) is 2.19. The molecule has 0 aromatic carbocycles. The topological polar surface area (TPSA) is 88.3 Å². The molecule has 1 fully saturated rings. The normalized spacial score (nSPS) is 16.4. The summed E-state index contributed by atoms with van der Waals surface area (Å²) in [5.41, 5.74) is 0.380. The largest absolute Gasteiger partial charge is 0.357 e. The Hall–Kier alpha value is -1.34. The summed E-state index contributed by atoms with van der Waals surface area (Å²) < 4.78 is 23.7. The Bertz CT molecular complexity index is 451. The van der Waals surface area contributed by atoms with E-state index in [9.17, 15) is 8.42 Å². The third kappa shape index (κ3) is 2.83. The molecule has 3 N–H and O–H groups in total. The van der Waals surface area contributed by atoms with Crippen LogP contribution in [0.3, 0.4) is 0 Å². The van der Waals surface area contributed by atoms with Crippen LogP contribution < -0.4 is 14.8 Å². The lowest BCUT2D eigenvalue weighted by atomic mass is 10.4. The van der Waals surface area contributed by atoms with Gasteiger partial charge in [-0.3, -0.25) is 4.72 Å². The number of nitrogens with zero attached hydrogens (tertiary/aromatic N) is 2. The van der Waals surface area contributed by atoms with Crippen molar-refractivity contribution < 1.29 is 8.42 Å². The minimum Gasteiger partial charge on any atom is -0.357 e. The Morgan fingerprint density at radius 1 is 1.31 bits per heavy atom. The second-order valence-electron chi connectivity index (χ2n) is 3.75. The highest BCUT2D eigenvalue weighted by Crippen LogP contribution is 2.19. The SMILES string of the molecule is NS(=O)(=O)Nc1ccc(N2CCCC2)nc1. The first-order valence-corrected chi connectivity index (χ1v) is 6.61. The molecular weight excluding hydrogens is 228 g/mol. The maximum atomic E-state index is 10.8. The van der Waals surface area contributed by atoms with E-state index in [2.05, 4.69) is 14.6 Å². The van der Waals surface area contributed by atoms with Crippen LogP contribution >= 0.6 is 0 Å². The molecule has 0 bridgehead atoms. The molecule has 16 heavy (non-hydrogen) atoms. The molecule has 0 amide bonds. The third-order valence-electron chi connectivity index (χ3n) is 2.44. The first kappa shape index (κ1) is 11.2. The van der Waals surface area contributed by atoms with Crippen molar-refractivity contribution >= 4 is 21.7 Å². The number of nitrogens with two attached hydrogens (primary N) is 1. The molecule has 1 aliphatic rings. The zero-order chi connectivity index (χ0) is 11.6. The maximum absolute atomic E-state index is 10.8. The lowest BCUT2D eigenvalue weighted by molar-refractivity contribution is 0.603. The second kappa shape index (κ2) is 4.26. The lowest BCUT2D eigenvalue weighted by Gasteiger charge is -2.16. The monoisotopic (exact) mass is 242 g/mol. The Morgan fingerprint density at radius 2 is 2.00 bits per heavy atom. The molecule has 1 saturated heterocycles. The van der Waals surface area contributed by atoms with Crippen LogP contribution in [0.5, 0.6) is 0 Å². The minimum absolute atomic E-state index is 0.380. The van der Waals surface area contributed by atoms with Gasteiger partial charge in [0.1, 0.15) is 5.82 Å². The zero-order valence-corrected chi connectivity index (χ0v) is 9.57. The van der Waals surface area contributed by atoms with Gasteiger partial charge in [0.2, 0.25) is 0 Å². The molecule has 1 aliphatic heterocycles. The van der Waals surface area contributed by atoms with Crippen molar-refractivity contribution in [3.8, 4) is 0 Å². The maximum Gasteiger partial charge on any atom is 0.296 e. The third-order valence-corrected chi connectivity index (χ3v) is 2.96. The van der Waals surface area contributed by atoms with Crippen LogP contribution in [-0.2, 0) is 10.2 Å². The molecule has 1 aromatic heterocycles. The summed E-state index contributed by atoms with van der Waals surface area (Å²) in [6, 6.07) is 3.45. The first-order valence-electron chi connectivity index (χ1n) is 5.06. The van der Waals surface area contributed by atoms with E-state index in [1.807, 2.05) is 0 Å². The fourth-order valence-electron chi connectivity index (χ4n) is 1.74. The van der Waals surface area contributed by atoms with Crippen LogP contribution in [0.25, 0.3) is 0 Å². The highest BCUT2D eigenvalue weighted by atomic mass is 32.2. The van der Waals surface area contributed by atoms with Crippen molar-refractivity contribution in [1.82, 2.24) is 4.98 Å². The van der Waals surface area contributed by atoms with Crippen LogP contribution in [0, 0.1) is 0 Å². The molecule has 0 spiro atoms. The van der Waals surface area contributed by atoms with Crippen LogP contribution in [-0.4, -0.2) is 26.5 Å². The molecular formula is C9H14N4O2S. The van der Waals surface area contributed by atoms with Crippen LogP contribution in [0.4, 0.5) is 11.5 Å². The smallest absolute Gasteiger partial charge is 0.296 e. The number of rotatable bonds is 3. The molecule has 0 atom stereocenters. The number of nitrogens with one attached hydrogen (secondary N) is 1. The van der Waals surface area contributed by atoms with Crippen molar-refractivity contribution in [3.05, 3.63) is 18.3 Å². The van der Waals surface area contributed by atoms with E-state index in [0.29, 0.717) is 5.69 Å². The van der Waals surface area contributed by atoms with Gasteiger partial charge in [0.15, 0.2) is 0 Å². The number of hydrogen-bond donors (Lipinski definition) is 2. The van der Waals surface area contributed by atoms with E-state index in [4.69, 9.17) is 5.14 Å². The van der Waals surface area contributed by atoms with Gasteiger partial charge in [0.25, 0.3) is 10.2 Å². The number of aromatic nitrogens is 1. The van der Waals surface area contributed by atoms with E-state index in [-0.39, 0.29) is 0 Å². The number of anilines is 2. The summed E-state index contributed by atoms with van der Waals surface area (Å²) in [6.45, 7) is 2.02. The first-order chi connectivity index (χ1) is 7.54. The van der Waals surface area contributed by atoms with Gasteiger partial charge < -0.3 is 4.90 Å². The van der Waals surface area contributed by atoms with Crippen molar-refractivity contribution in [2.24, 2.45) is 5.14 Å². The van der Waals surface area contributed by atoms with E-state index >= 15 is 0 Å². The van der Waals surface area contributed by atoms with Gasteiger partial charge in [-0.15, -0.1) is 0 Å². The van der Waals surface area contributed by atoms with Crippen molar-refractivity contribution in [1.29, 1.82) is 0 Å². The summed E-state index contributed by atoms with van der Waals surface area (Å²) in [7, 11) is -3.71. The molecule has 6 nitrogen and oxygen atoms in total. The van der Waals surface area contributed by atoms with Gasteiger partial charge in [-0.1, -0.05) is 0 Å². The van der Waals surface area contributed by atoms with Gasteiger partial charge in [0.05, 0.1) is 11.9 Å². The van der Waals surface area contributed by atoms with E-state index in [1.54, 1.807) is 12.1 Å². The van der Waals surface area contributed by atoms with Gasteiger partial charge in [-0.25, -0.2) is 10.1 Å². The zero-order valence-electron chi connectivity index (χ0n) is 8.76. The average Bonchev–Trinajstić information content (AvgIpc) is 2.69. The highest BCUT2D eigenvalue weighted by Gasteiger charge is 2.13. The Labute approximate surface area is 94.7 Å². The summed E-state index contributed by atoms with van der Waals surface area (Å²) in [4.78, 5) is 6.36. The number of pyridine rings is 1. The quantitative estimate of drug-likeness (QED) is 0.797.